The lowest BCUT2D eigenvalue weighted by atomic mass is 9.57. The van der Waals surface area contributed by atoms with E-state index in [-0.39, 0.29) is 23.4 Å². The van der Waals surface area contributed by atoms with Crippen molar-refractivity contribution in [3.05, 3.63) is 0 Å². The molecule has 0 amide bonds. The first-order chi connectivity index (χ1) is 8.96. The maximum absolute atomic E-state index is 12.1. The van der Waals surface area contributed by atoms with Crippen LogP contribution in [-0.4, -0.2) is 23.6 Å². The van der Waals surface area contributed by atoms with Crippen LogP contribution in [0.4, 0.5) is 0 Å². The highest BCUT2D eigenvalue weighted by Crippen LogP contribution is 2.62. The summed E-state index contributed by atoms with van der Waals surface area (Å²) in [5, 5.41) is 0. The molecule has 0 radical (unpaired) electrons. The lowest BCUT2D eigenvalue weighted by molar-refractivity contribution is -0.263. The molecule has 7 atom stereocenters. The molecule has 0 aromatic heterocycles. The van der Waals surface area contributed by atoms with Gasteiger partial charge in [-0.15, -0.1) is 0 Å². The number of hydrogen-bond donors (Lipinski definition) is 0. The first-order valence-electron chi connectivity index (χ1n) is 7.55. The van der Waals surface area contributed by atoms with E-state index in [4.69, 9.17) is 14.2 Å². The Hall–Kier alpha value is -0.610. The number of hydrogen-bond acceptors (Lipinski definition) is 4. The fraction of sp³-hybridized carbons (Fsp3) is 0.933. The minimum atomic E-state index is -0.555. The van der Waals surface area contributed by atoms with Crippen molar-refractivity contribution in [2.45, 2.75) is 64.1 Å². The van der Waals surface area contributed by atoms with Gasteiger partial charge in [0.05, 0.1) is 5.92 Å². The van der Waals surface area contributed by atoms with E-state index < -0.39 is 12.1 Å². The second-order valence-electron chi connectivity index (χ2n) is 7.07. The van der Waals surface area contributed by atoms with Gasteiger partial charge in [0.1, 0.15) is 5.60 Å². The number of carbonyl (C=O) groups is 1. The van der Waals surface area contributed by atoms with Gasteiger partial charge in [-0.1, -0.05) is 13.8 Å². The largest absolute Gasteiger partial charge is 0.432 e. The minimum absolute atomic E-state index is 0.0738. The molecule has 0 aromatic rings. The van der Waals surface area contributed by atoms with E-state index in [0.29, 0.717) is 11.8 Å². The highest BCUT2D eigenvalue weighted by Gasteiger charge is 2.72. The molecule has 4 nitrogen and oxygen atoms in total. The van der Waals surface area contributed by atoms with Crippen LogP contribution >= 0.6 is 0 Å². The second-order valence-corrected chi connectivity index (χ2v) is 7.07. The molecule has 4 heteroatoms. The number of esters is 1. The molecule has 0 unspecified atom stereocenters. The van der Waals surface area contributed by atoms with Crippen LogP contribution < -0.4 is 0 Å². The molecule has 4 aliphatic rings. The third kappa shape index (κ3) is 1.34. The third-order valence-electron chi connectivity index (χ3n) is 6.00. The molecule has 4 rings (SSSR count). The third-order valence-corrected chi connectivity index (χ3v) is 6.00. The summed E-state index contributed by atoms with van der Waals surface area (Å²) in [6.45, 7) is 6.28. The Bertz CT molecular complexity index is 436. The van der Waals surface area contributed by atoms with E-state index in [1.54, 1.807) is 0 Å². The molecule has 0 aromatic carbocycles. The van der Waals surface area contributed by atoms with Gasteiger partial charge in [0.2, 0.25) is 6.29 Å². The Morgan fingerprint density at radius 1 is 1.16 bits per heavy atom. The molecule has 3 heterocycles. The van der Waals surface area contributed by atoms with Crippen LogP contribution in [0.15, 0.2) is 0 Å². The van der Waals surface area contributed by atoms with E-state index in [1.807, 2.05) is 13.8 Å². The zero-order chi connectivity index (χ0) is 13.4. The summed E-state index contributed by atoms with van der Waals surface area (Å²) in [6.07, 6.45) is 3.76. The second kappa shape index (κ2) is 3.53. The van der Waals surface area contributed by atoms with E-state index >= 15 is 0 Å². The Morgan fingerprint density at radius 2 is 1.95 bits per heavy atom. The number of fused-ring (bicyclic) bond motifs is 1. The molecule has 1 spiro atoms. The predicted molar refractivity (Wildman–Crippen MR) is 67.0 cm³/mol. The summed E-state index contributed by atoms with van der Waals surface area (Å²) >= 11 is 0. The summed E-state index contributed by atoms with van der Waals surface area (Å²) in [5.74, 6) is 0.586. The van der Waals surface area contributed by atoms with Crippen molar-refractivity contribution >= 4 is 5.97 Å². The normalized spacial score (nSPS) is 59.5. The molecule has 19 heavy (non-hydrogen) atoms. The molecule has 4 fully saturated rings. The van der Waals surface area contributed by atoms with Crippen molar-refractivity contribution in [2.75, 3.05) is 0 Å². The zero-order valence-electron chi connectivity index (χ0n) is 11.8. The summed E-state index contributed by atoms with van der Waals surface area (Å²) in [5.41, 5.74) is -0.377. The van der Waals surface area contributed by atoms with Crippen molar-refractivity contribution in [1.29, 1.82) is 0 Å². The van der Waals surface area contributed by atoms with E-state index in [1.165, 1.54) is 6.42 Å². The maximum atomic E-state index is 12.1. The summed E-state index contributed by atoms with van der Waals surface area (Å²) in [7, 11) is 0. The van der Waals surface area contributed by atoms with Crippen molar-refractivity contribution < 1.29 is 19.0 Å². The first-order valence-corrected chi connectivity index (χ1v) is 7.55. The molecule has 3 aliphatic heterocycles. The molecular formula is C15H22O4. The molecule has 1 aliphatic carbocycles. The van der Waals surface area contributed by atoms with Crippen LogP contribution in [0.3, 0.4) is 0 Å². The van der Waals surface area contributed by atoms with Crippen molar-refractivity contribution in [1.82, 2.24) is 0 Å². The van der Waals surface area contributed by atoms with Crippen molar-refractivity contribution in [2.24, 2.45) is 23.7 Å². The van der Waals surface area contributed by atoms with Crippen LogP contribution in [0.2, 0.25) is 0 Å². The summed E-state index contributed by atoms with van der Waals surface area (Å²) in [6, 6.07) is 0. The van der Waals surface area contributed by atoms with Gasteiger partial charge in [0, 0.05) is 12.3 Å². The molecule has 0 N–H and O–H groups in total. The highest BCUT2D eigenvalue weighted by molar-refractivity contribution is 5.74. The average molecular weight is 266 g/mol. The lowest BCUT2D eigenvalue weighted by Gasteiger charge is -2.56. The fourth-order valence-electron chi connectivity index (χ4n) is 5.03. The standard InChI is InChI=1S/C15H22O4/c1-8-4-5-11-9(2)12(16)17-13-15(11)10(8)6-7-14(3,18-13)19-15/h8-11,13H,4-7H2,1-3H3/t8-,9-,10+,11+,13-,14-,15+/m1/s1. The SMILES string of the molecule is C[C@@H]1CC[C@H]2[C@@H](C)C(=O)O[C@@H]3O[C@@]4(C)CC[C@@H]1[C@@]32O4. The van der Waals surface area contributed by atoms with E-state index in [2.05, 4.69) is 6.92 Å². The maximum Gasteiger partial charge on any atom is 0.311 e. The van der Waals surface area contributed by atoms with Crippen LogP contribution in [-0.2, 0) is 19.0 Å². The molecule has 2 bridgehead atoms. The van der Waals surface area contributed by atoms with Gasteiger partial charge in [0.25, 0.3) is 0 Å². The smallest absolute Gasteiger partial charge is 0.311 e. The van der Waals surface area contributed by atoms with Crippen LogP contribution in [0.5, 0.6) is 0 Å². The Morgan fingerprint density at radius 3 is 2.74 bits per heavy atom. The molecule has 3 saturated heterocycles. The quantitative estimate of drug-likeness (QED) is 0.632. The van der Waals surface area contributed by atoms with Gasteiger partial charge in [-0.25, -0.2) is 0 Å². The van der Waals surface area contributed by atoms with E-state index in [9.17, 15) is 4.79 Å². The molecular weight excluding hydrogens is 244 g/mol. The van der Waals surface area contributed by atoms with Gasteiger partial charge >= 0.3 is 5.97 Å². The van der Waals surface area contributed by atoms with Crippen molar-refractivity contribution in [3.8, 4) is 0 Å². The predicted octanol–water partition coefficient (Wildman–Crippen LogP) is 2.46. The number of carbonyl (C=O) groups excluding carboxylic acids is 1. The van der Waals surface area contributed by atoms with Gasteiger partial charge in [-0.2, -0.15) is 0 Å². The average Bonchev–Trinajstić information content (AvgIpc) is 2.56. The van der Waals surface area contributed by atoms with Crippen LogP contribution in [0.25, 0.3) is 0 Å². The Balaban J connectivity index is 1.84. The lowest BCUT2D eigenvalue weighted by Crippen LogP contribution is -2.65. The van der Waals surface area contributed by atoms with Gasteiger partial charge in [-0.05, 0) is 38.0 Å². The molecule has 106 valence electrons. The number of ether oxygens (including phenoxy) is 3. The highest BCUT2D eigenvalue weighted by atomic mass is 16.8. The topological polar surface area (TPSA) is 44.8 Å². The number of rotatable bonds is 0. The zero-order valence-corrected chi connectivity index (χ0v) is 11.8. The Kier molecular flexibility index (Phi) is 2.26. The first kappa shape index (κ1) is 12.2. The monoisotopic (exact) mass is 266 g/mol. The van der Waals surface area contributed by atoms with E-state index in [0.717, 1.165) is 19.3 Å². The van der Waals surface area contributed by atoms with Gasteiger partial charge in [0.15, 0.2) is 5.79 Å². The van der Waals surface area contributed by atoms with Gasteiger partial charge < -0.3 is 14.2 Å². The van der Waals surface area contributed by atoms with Crippen LogP contribution in [0, 0.1) is 23.7 Å². The summed E-state index contributed by atoms with van der Waals surface area (Å²) in [4.78, 5) is 12.1. The van der Waals surface area contributed by atoms with Gasteiger partial charge in [-0.3, -0.25) is 4.79 Å². The van der Waals surface area contributed by atoms with Crippen LogP contribution in [0.1, 0.15) is 46.5 Å². The summed E-state index contributed by atoms with van der Waals surface area (Å²) < 4.78 is 18.0. The van der Waals surface area contributed by atoms with Crippen molar-refractivity contribution in [3.63, 3.8) is 0 Å². The minimum Gasteiger partial charge on any atom is -0.432 e. The Labute approximate surface area is 113 Å². The molecule has 1 saturated carbocycles. The fourth-order valence-corrected chi connectivity index (χ4v) is 5.03.